The van der Waals surface area contributed by atoms with E-state index in [2.05, 4.69) is 23.1 Å². The lowest BCUT2D eigenvalue weighted by atomic mass is 10.1. The molecule has 50 valence electrons. The zero-order valence-corrected chi connectivity index (χ0v) is 5.80. The van der Waals surface area contributed by atoms with E-state index < -0.39 is 0 Å². The Hall–Kier alpha value is -0.980. The maximum atomic E-state index is 2.42. The van der Waals surface area contributed by atoms with Crippen molar-refractivity contribution in [3.05, 3.63) is 23.8 Å². The molecule has 0 fully saturated rings. The van der Waals surface area contributed by atoms with Crippen LogP contribution in [0.5, 0.6) is 0 Å². The van der Waals surface area contributed by atoms with E-state index in [1.165, 1.54) is 30.8 Å². The summed E-state index contributed by atoms with van der Waals surface area (Å²) in [5, 5.41) is 0. The lowest BCUT2D eigenvalue weighted by molar-refractivity contribution is 0.812. The van der Waals surface area contributed by atoms with Crippen LogP contribution in [0.1, 0.15) is 12.0 Å². The van der Waals surface area contributed by atoms with Gasteiger partial charge in [-0.05, 0) is 24.5 Å². The maximum absolute atomic E-state index is 2.42. The van der Waals surface area contributed by atoms with Crippen LogP contribution in [-0.4, -0.2) is 6.54 Å². The summed E-state index contributed by atoms with van der Waals surface area (Å²) in [6, 6.07) is 6.63. The van der Waals surface area contributed by atoms with Crippen molar-refractivity contribution in [2.45, 2.75) is 12.8 Å². The largest absolute Gasteiger partial charge is 0.338 e. The van der Waals surface area contributed by atoms with Gasteiger partial charge in [-0.3, -0.25) is 0 Å². The summed E-state index contributed by atoms with van der Waals surface area (Å²) in [5.41, 5.74) is 4.58. The molecule has 0 saturated carbocycles. The van der Waals surface area contributed by atoms with Gasteiger partial charge in [-0.1, -0.05) is 12.1 Å². The standard InChI is InChI=1S/C9H9N/c1-3-7-4-2-6-10-8(5-1)9(7)10/h1,3,5H,2,4,6H2. The SMILES string of the molecule is c1cc2c3c(c1)N3CCC2. The fourth-order valence-electron chi connectivity index (χ4n) is 1.92. The van der Waals surface area contributed by atoms with E-state index in [9.17, 15) is 0 Å². The normalized spacial score (nSPS) is 18.6. The van der Waals surface area contributed by atoms with Crippen molar-refractivity contribution in [1.82, 2.24) is 0 Å². The molecule has 0 radical (unpaired) electrons. The Labute approximate surface area is 60.3 Å². The first-order chi connectivity index (χ1) is 4.97. The van der Waals surface area contributed by atoms with Gasteiger partial charge in [0, 0.05) is 6.54 Å². The zero-order valence-electron chi connectivity index (χ0n) is 5.80. The van der Waals surface area contributed by atoms with Crippen molar-refractivity contribution in [3.8, 4) is 0 Å². The number of benzene rings is 1. The molecule has 0 atom stereocenters. The van der Waals surface area contributed by atoms with Crippen LogP contribution < -0.4 is 4.90 Å². The van der Waals surface area contributed by atoms with E-state index >= 15 is 0 Å². The fraction of sp³-hybridized carbons (Fsp3) is 0.333. The minimum Gasteiger partial charge on any atom is -0.338 e. The quantitative estimate of drug-likeness (QED) is 0.487. The Balaban J connectivity index is 2.27. The third kappa shape index (κ3) is 0.406. The highest BCUT2D eigenvalue weighted by molar-refractivity contribution is 5.96. The number of nitrogens with zero attached hydrogens (tertiary/aromatic N) is 1. The summed E-state index contributed by atoms with van der Waals surface area (Å²) in [5.74, 6) is 0. The van der Waals surface area contributed by atoms with Crippen LogP contribution in [0.15, 0.2) is 18.2 Å². The molecule has 2 aliphatic heterocycles. The van der Waals surface area contributed by atoms with E-state index in [4.69, 9.17) is 0 Å². The van der Waals surface area contributed by atoms with Crippen LogP contribution in [0.3, 0.4) is 0 Å². The van der Waals surface area contributed by atoms with Gasteiger partial charge in [0.2, 0.25) is 0 Å². The lowest BCUT2D eigenvalue weighted by Gasteiger charge is -2.08. The number of rotatable bonds is 0. The van der Waals surface area contributed by atoms with Gasteiger partial charge in [-0.15, -0.1) is 0 Å². The first kappa shape index (κ1) is 4.78. The highest BCUT2D eigenvalue weighted by atomic mass is 15.3. The summed E-state index contributed by atoms with van der Waals surface area (Å²) in [6.45, 7) is 1.26. The van der Waals surface area contributed by atoms with Gasteiger partial charge in [0.15, 0.2) is 0 Å². The summed E-state index contributed by atoms with van der Waals surface area (Å²) < 4.78 is 0. The molecule has 0 bridgehead atoms. The Morgan fingerprint density at radius 3 is 3.20 bits per heavy atom. The molecule has 0 amide bonds. The van der Waals surface area contributed by atoms with E-state index in [1.54, 1.807) is 5.56 Å². The van der Waals surface area contributed by atoms with Crippen molar-refractivity contribution in [2.24, 2.45) is 0 Å². The Morgan fingerprint density at radius 1 is 1.30 bits per heavy atom. The highest BCUT2D eigenvalue weighted by Gasteiger charge is 2.33. The summed E-state index contributed by atoms with van der Waals surface area (Å²) in [4.78, 5) is 2.42. The van der Waals surface area contributed by atoms with E-state index in [1.807, 2.05) is 0 Å². The molecular weight excluding hydrogens is 122 g/mol. The number of aryl methyl sites for hydroxylation is 1. The smallest absolute Gasteiger partial charge is 0.0685 e. The van der Waals surface area contributed by atoms with Crippen LogP contribution in [0.4, 0.5) is 11.4 Å². The molecule has 1 heteroatoms. The molecule has 2 aliphatic rings. The number of para-hydroxylation sites is 1. The Morgan fingerprint density at radius 2 is 2.30 bits per heavy atom. The van der Waals surface area contributed by atoms with Crippen molar-refractivity contribution in [2.75, 3.05) is 11.4 Å². The van der Waals surface area contributed by atoms with Crippen molar-refractivity contribution < 1.29 is 0 Å². The third-order valence-electron chi connectivity index (χ3n) is 2.44. The molecule has 1 aromatic rings. The molecule has 1 aromatic carbocycles. The molecule has 0 saturated heterocycles. The first-order valence-electron chi connectivity index (χ1n) is 3.86. The molecule has 2 heterocycles. The number of hydrogen-bond acceptors (Lipinski definition) is 1. The van der Waals surface area contributed by atoms with Gasteiger partial charge in [-0.2, -0.15) is 0 Å². The average molecular weight is 131 g/mol. The predicted octanol–water partition coefficient (Wildman–Crippen LogP) is 2.08. The minimum atomic E-state index is 1.26. The lowest BCUT2D eigenvalue weighted by Crippen LogP contribution is -2.07. The second kappa shape index (κ2) is 1.36. The van der Waals surface area contributed by atoms with E-state index in [-0.39, 0.29) is 0 Å². The van der Waals surface area contributed by atoms with Crippen molar-refractivity contribution >= 4 is 11.4 Å². The minimum absolute atomic E-state index is 1.26. The average Bonchev–Trinajstić information content (AvgIpc) is 2.68. The maximum Gasteiger partial charge on any atom is 0.0685 e. The number of fused-ring (bicyclic) bond motifs is 1. The van der Waals surface area contributed by atoms with Crippen molar-refractivity contribution in [3.63, 3.8) is 0 Å². The van der Waals surface area contributed by atoms with Crippen LogP contribution in [0, 0.1) is 0 Å². The van der Waals surface area contributed by atoms with Gasteiger partial charge < -0.3 is 4.90 Å². The van der Waals surface area contributed by atoms with Crippen LogP contribution in [0.25, 0.3) is 0 Å². The number of hydrogen-bond donors (Lipinski definition) is 0. The summed E-state index contributed by atoms with van der Waals surface area (Å²) in [7, 11) is 0. The number of anilines is 2. The molecule has 0 spiro atoms. The van der Waals surface area contributed by atoms with Gasteiger partial charge in [0.05, 0.1) is 11.4 Å². The fourth-order valence-corrected chi connectivity index (χ4v) is 1.92. The molecule has 0 aromatic heterocycles. The van der Waals surface area contributed by atoms with Gasteiger partial charge in [0.25, 0.3) is 0 Å². The van der Waals surface area contributed by atoms with Crippen LogP contribution in [-0.2, 0) is 6.42 Å². The van der Waals surface area contributed by atoms with Gasteiger partial charge >= 0.3 is 0 Å². The molecular formula is C9H9N. The van der Waals surface area contributed by atoms with Gasteiger partial charge in [-0.25, -0.2) is 0 Å². The molecule has 0 unspecified atom stereocenters. The van der Waals surface area contributed by atoms with Crippen molar-refractivity contribution in [1.29, 1.82) is 0 Å². The summed E-state index contributed by atoms with van der Waals surface area (Å²) >= 11 is 0. The third-order valence-corrected chi connectivity index (χ3v) is 2.44. The molecule has 0 aliphatic carbocycles. The summed E-state index contributed by atoms with van der Waals surface area (Å²) in [6.07, 6.45) is 2.63. The van der Waals surface area contributed by atoms with Crippen LogP contribution in [0.2, 0.25) is 0 Å². The second-order valence-electron chi connectivity index (χ2n) is 3.04. The zero-order chi connectivity index (χ0) is 6.55. The first-order valence-corrected chi connectivity index (χ1v) is 3.86. The molecule has 0 N–H and O–H groups in total. The van der Waals surface area contributed by atoms with Crippen LogP contribution >= 0.6 is 0 Å². The Kier molecular flexibility index (Phi) is 0.652. The highest BCUT2D eigenvalue weighted by Crippen LogP contribution is 2.52. The topological polar surface area (TPSA) is 3.01 Å². The van der Waals surface area contributed by atoms with E-state index in [0.29, 0.717) is 0 Å². The predicted molar refractivity (Wildman–Crippen MR) is 41.8 cm³/mol. The molecule has 1 nitrogen and oxygen atoms in total. The molecule has 3 rings (SSSR count). The van der Waals surface area contributed by atoms with Gasteiger partial charge in [0.1, 0.15) is 0 Å². The van der Waals surface area contributed by atoms with E-state index in [0.717, 1.165) is 0 Å². The Bertz CT molecular complexity index is 291. The molecule has 10 heavy (non-hydrogen) atoms. The second-order valence-corrected chi connectivity index (χ2v) is 3.04. The monoisotopic (exact) mass is 131 g/mol.